The van der Waals surface area contributed by atoms with E-state index < -0.39 is 70.1 Å². The van der Waals surface area contributed by atoms with E-state index >= 15 is 0 Å². The SMILES string of the molecule is CC12CCC(O)CC1=CCC1(O)C2CC(OC(=O)c2ccccc2)C2(C)C(O)(C(=O)COC(=O)c3ccccc3)CCC12O. The van der Waals surface area contributed by atoms with E-state index in [4.69, 9.17) is 9.47 Å². The molecule has 4 N–H and O–H groups in total. The van der Waals surface area contributed by atoms with E-state index in [1.165, 1.54) is 6.92 Å². The van der Waals surface area contributed by atoms with Crippen LogP contribution in [0.3, 0.4) is 0 Å². The number of benzene rings is 2. The Balaban J connectivity index is 1.40. The zero-order chi connectivity index (χ0) is 31.5. The van der Waals surface area contributed by atoms with Crippen molar-refractivity contribution in [2.45, 2.75) is 87.8 Å². The Labute approximate surface area is 256 Å². The van der Waals surface area contributed by atoms with Gasteiger partial charge in [-0.3, -0.25) is 4.79 Å². The lowest BCUT2D eigenvalue weighted by molar-refractivity contribution is -0.312. The number of carbonyl (C=O) groups is 3. The highest BCUT2D eigenvalue weighted by Gasteiger charge is 2.81. The molecule has 4 aliphatic carbocycles. The van der Waals surface area contributed by atoms with Gasteiger partial charge in [-0.2, -0.15) is 0 Å². The summed E-state index contributed by atoms with van der Waals surface area (Å²) in [4.78, 5) is 40.1. The van der Waals surface area contributed by atoms with E-state index in [0.29, 0.717) is 19.3 Å². The fraction of sp³-hybridized carbons (Fsp3) is 0.514. The zero-order valence-corrected chi connectivity index (χ0v) is 25.1. The van der Waals surface area contributed by atoms with Crippen molar-refractivity contribution in [2.75, 3.05) is 6.61 Å². The van der Waals surface area contributed by atoms with Gasteiger partial charge in [0.2, 0.25) is 5.78 Å². The lowest BCUT2D eigenvalue weighted by Crippen LogP contribution is -2.78. The Morgan fingerprint density at radius 2 is 1.48 bits per heavy atom. The van der Waals surface area contributed by atoms with Crippen LogP contribution in [-0.4, -0.2) is 73.8 Å². The number of esters is 2. The van der Waals surface area contributed by atoms with Crippen molar-refractivity contribution in [3.05, 3.63) is 83.4 Å². The summed E-state index contributed by atoms with van der Waals surface area (Å²) in [6, 6.07) is 16.5. The van der Waals surface area contributed by atoms with Gasteiger partial charge in [-0.1, -0.05) is 55.0 Å². The summed E-state index contributed by atoms with van der Waals surface area (Å²) in [6.07, 6.45) is 1.45. The first kappa shape index (κ1) is 30.6. The lowest BCUT2D eigenvalue weighted by atomic mass is 9.42. The van der Waals surface area contributed by atoms with Crippen molar-refractivity contribution >= 4 is 17.7 Å². The smallest absolute Gasteiger partial charge is 0.338 e. The molecule has 4 aliphatic rings. The Hall–Kier alpha value is -3.37. The minimum atomic E-state index is -2.30. The largest absolute Gasteiger partial charge is 0.458 e. The molecule has 0 aliphatic heterocycles. The summed E-state index contributed by atoms with van der Waals surface area (Å²) in [7, 11) is 0. The van der Waals surface area contributed by atoms with Crippen LogP contribution in [0.25, 0.3) is 0 Å². The molecule has 0 saturated heterocycles. The van der Waals surface area contributed by atoms with Gasteiger partial charge in [0.25, 0.3) is 0 Å². The number of ketones is 1. The van der Waals surface area contributed by atoms with E-state index in [1.54, 1.807) is 60.7 Å². The average Bonchev–Trinajstić information content (AvgIpc) is 3.26. The van der Waals surface area contributed by atoms with Gasteiger partial charge < -0.3 is 29.9 Å². The number of fused-ring (bicyclic) bond motifs is 5. The summed E-state index contributed by atoms with van der Waals surface area (Å²) in [5.41, 5.74) is -7.11. The summed E-state index contributed by atoms with van der Waals surface area (Å²) >= 11 is 0. The highest BCUT2D eigenvalue weighted by atomic mass is 16.6. The molecule has 9 nitrogen and oxygen atoms in total. The number of rotatable bonds is 6. The zero-order valence-electron chi connectivity index (χ0n) is 25.1. The summed E-state index contributed by atoms with van der Waals surface area (Å²) in [5.74, 6) is -2.87. The molecule has 8 atom stereocenters. The number of Topliss-reactive ketones (excluding diaryl/α,β-unsaturated/α-hetero) is 1. The molecule has 0 heterocycles. The Morgan fingerprint density at radius 1 is 0.864 bits per heavy atom. The Morgan fingerprint density at radius 3 is 2.11 bits per heavy atom. The first-order valence-electron chi connectivity index (χ1n) is 15.4. The summed E-state index contributed by atoms with van der Waals surface area (Å²) < 4.78 is 11.4. The molecule has 3 fully saturated rings. The standard InChI is InChI=1S/C35H40O9/c1-31-15-14-25(36)19-24(31)13-16-33(40)26(31)20-28(44-30(39)23-11-7-4-8-12-23)32(2)34(41,17-18-35(32,33)42)27(37)21-43-29(38)22-9-5-3-6-10-22/h3-13,25-26,28,36,40-42H,14-21H2,1-2H3. The molecule has 0 aromatic heterocycles. The third-order valence-electron chi connectivity index (χ3n) is 11.6. The third kappa shape index (κ3) is 4.24. The second-order valence-electron chi connectivity index (χ2n) is 13.5. The van der Waals surface area contributed by atoms with Crippen LogP contribution in [-0.2, 0) is 14.3 Å². The molecule has 44 heavy (non-hydrogen) atoms. The van der Waals surface area contributed by atoms with E-state index in [9.17, 15) is 34.8 Å². The second kappa shape index (κ2) is 10.6. The van der Waals surface area contributed by atoms with Crippen LogP contribution in [0.2, 0.25) is 0 Å². The summed E-state index contributed by atoms with van der Waals surface area (Å²) in [6.45, 7) is 2.74. The van der Waals surface area contributed by atoms with Gasteiger partial charge in [0, 0.05) is 5.92 Å². The second-order valence-corrected chi connectivity index (χ2v) is 13.5. The molecule has 234 valence electrons. The lowest BCUT2D eigenvalue weighted by Gasteiger charge is -2.67. The van der Waals surface area contributed by atoms with Gasteiger partial charge in [0.05, 0.1) is 22.6 Å². The van der Waals surface area contributed by atoms with E-state index in [0.717, 1.165) is 5.57 Å². The van der Waals surface area contributed by atoms with Gasteiger partial charge in [-0.25, -0.2) is 9.59 Å². The average molecular weight is 605 g/mol. The molecule has 0 spiro atoms. The maximum absolute atomic E-state index is 13.9. The Kier molecular flexibility index (Phi) is 7.40. The fourth-order valence-corrected chi connectivity index (χ4v) is 8.94. The number of aliphatic hydroxyl groups is 4. The fourth-order valence-electron chi connectivity index (χ4n) is 8.94. The molecule has 6 rings (SSSR count). The molecule has 8 unspecified atom stereocenters. The van der Waals surface area contributed by atoms with Gasteiger partial charge in [0.1, 0.15) is 22.9 Å². The van der Waals surface area contributed by atoms with Crippen LogP contribution in [0, 0.1) is 16.7 Å². The van der Waals surface area contributed by atoms with Crippen molar-refractivity contribution in [2.24, 2.45) is 16.7 Å². The number of hydrogen-bond acceptors (Lipinski definition) is 9. The monoisotopic (exact) mass is 604 g/mol. The van der Waals surface area contributed by atoms with Crippen LogP contribution in [0.1, 0.15) is 79.5 Å². The van der Waals surface area contributed by atoms with Crippen molar-refractivity contribution in [1.82, 2.24) is 0 Å². The quantitative estimate of drug-likeness (QED) is 0.287. The maximum atomic E-state index is 13.9. The predicted molar refractivity (Wildman–Crippen MR) is 158 cm³/mol. The molecular weight excluding hydrogens is 564 g/mol. The minimum absolute atomic E-state index is 0.0496. The van der Waals surface area contributed by atoms with Crippen LogP contribution in [0.15, 0.2) is 72.3 Å². The van der Waals surface area contributed by atoms with E-state index in [1.807, 2.05) is 13.0 Å². The topological polar surface area (TPSA) is 151 Å². The van der Waals surface area contributed by atoms with Gasteiger partial charge in [-0.05, 0) is 81.5 Å². The van der Waals surface area contributed by atoms with Crippen molar-refractivity contribution in [3.63, 3.8) is 0 Å². The Bertz CT molecular complexity index is 1490. The van der Waals surface area contributed by atoms with Crippen molar-refractivity contribution in [1.29, 1.82) is 0 Å². The molecule has 3 saturated carbocycles. The van der Waals surface area contributed by atoms with Crippen LogP contribution < -0.4 is 0 Å². The normalized spacial score (nSPS) is 39.2. The van der Waals surface area contributed by atoms with Gasteiger partial charge in [0.15, 0.2) is 6.61 Å². The molecule has 9 heteroatoms. The first-order chi connectivity index (χ1) is 20.8. The highest BCUT2D eigenvalue weighted by Crippen LogP contribution is 2.71. The van der Waals surface area contributed by atoms with Gasteiger partial charge >= 0.3 is 11.9 Å². The third-order valence-corrected chi connectivity index (χ3v) is 11.6. The maximum Gasteiger partial charge on any atom is 0.338 e. The number of hydrogen-bond donors (Lipinski definition) is 4. The van der Waals surface area contributed by atoms with E-state index in [2.05, 4.69) is 0 Å². The molecule has 0 bridgehead atoms. The minimum Gasteiger partial charge on any atom is -0.458 e. The number of ether oxygens (including phenoxy) is 2. The van der Waals surface area contributed by atoms with Crippen LogP contribution in [0.4, 0.5) is 0 Å². The number of carbonyl (C=O) groups excluding carboxylic acids is 3. The van der Waals surface area contributed by atoms with Crippen molar-refractivity contribution in [3.8, 4) is 0 Å². The molecule has 0 radical (unpaired) electrons. The predicted octanol–water partition coefficient (Wildman–Crippen LogP) is 3.53. The number of aliphatic hydroxyl groups excluding tert-OH is 1. The van der Waals surface area contributed by atoms with Crippen LogP contribution in [0.5, 0.6) is 0 Å². The molecule has 2 aromatic carbocycles. The molecule has 2 aromatic rings. The molecular formula is C35H40O9. The van der Waals surface area contributed by atoms with Crippen LogP contribution >= 0.6 is 0 Å². The molecule has 0 amide bonds. The highest BCUT2D eigenvalue weighted by molar-refractivity contribution is 5.95. The van der Waals surface area contributed by atoms with E-state index in [-0.39, 0.29) is 36.8 Å². The first-order valence-corrected chi connectivity index (χ1v) is 15.4. The van der Waals surface area contributed by atoms with Gasteiger partial charge in [-0.15, -0.1) is 0 Å². The van der Waals surface area contributed by atoms with Crippen molar-refractivity contribution < 1.29 is 44.3 Å². The summed E-state index contributed by atoms with van der Waals surface area (Å²) in [5, 5.41) is 48.1.